The second-order valence-electron chi connectivity index (χ2n) is 12.7. The first-order chi connectivity index (χ1) is 24.0. The number of benzene rings is 3. The number of methoxy groups -OCH3 is 1. The van der Waals surface area contributed by atoms with Gasteiger partial charge in [0.15, 0.2) is 5.79 Å². The largest absolute Gasteiger partial charge is 0.466 e. The Kier molecular flexibility index (Phi) is 11.7. The lowest BCUT2D eigenvalue weighted by atomic mass is 9.80. The molecule has 1 fully saturated rings. The normalized spacial score (nSPS) is 19.9. The molecule has 3 aromatic rings. The molecule has 12 nitrogen and oxygen atoms in total. The van der Waals surface area contributed by atoms with Gasteiger partial charge in [-0.15, -0.1) is 0 Å². The van der Waals surface area contributed by atoms with Crippen molar-refractivity contribution in [1.82, 2.24) is 5.32 Å². The van der Waals surface area contributed by atoms with Gasteiger partial charge in [-0.3, -0.25) is 10.1 Å². The Labute approximate surface area is 291 Å². The molecule has 2 N–H and O–H groups in total. The number of ether oxygens (including phenoxy) is 5. The highest BCUT2D eigenvalue weighted by molar-refractivity contribution is 5.99. The Morgan fingerprint density at radius 2 is 1.58 bits per heavy atom. The van der Waals surface area contributed by atoms with Crippen molar-refractivity contribution in [1.29, 1.82) is 0 Å². The van der Waals surface area contributed by atoms with E-state index in [9.17, 15) is 19.7 Å². The van der Waals surface area contributed by atoms with Gasteiger partial charge in [0.1, 0.15) is 12.2 Å². The predicted octanol–water partition coefficient (Wildman–Crippen LogP) is 5.94. The van der Waals surface area contributed by atoms with Crippen LogP contribution in [0.25, 0.3) is 0 Å². The van der Waals surface area contributed by atoms with E-state index in [1.807, 2.05) is 68.4 Å². The van der Waals surface area contributed by atoms with E-state index < -0.39 is 28.6 Å². The van der Waals surface area contributed by atoms with Gasteiger partial charge in [0, 0.05) is 42.2 Å². The lowest BCUT2D eigenvalue weighted by Crippen LogP contribution is -2.33. The van der Waals surface area contributed by atoms with Gasteiger partial charge >= 0.3 is 11.9 Å². The van der Waals surface area contributed by atoms with Gasteiger partial charge in [-0.25, -0.2) is 9.59 Å². The molecule has 0 aromatic heterocycles. The number of nitro benzene ring substituents is 1. The van der Waals surface area contributed by atoms with Crippen molar-refractivity contribution in [3.8, 4) is 0 Å². The molecule has 0 saturated carbocycles. The average molecular weight is 686 g/mol. The average Bonchev–Trinajstić information content (AvgIpc) is 3.40. The molecule has 3 aromatic carbocycles. The van der Waals surface area contributed by atoms with Gasteiger partial charge in [0.05, 0.1) is 48.9 Å². The molecule has 3 atom stereocenters. The van der Waals surface area contributed by atoms with Crippen LogP contribution in [0.15, 0.2) is 101 Å². The summed E-state index contributed by atoms with van der Waals surface area (Å²) >= 11 is 0. The number of rotatable bonds is 14. The first-order valence-corrected chi connectivity index (χ1v) is 16.4. The van der Waals surface area contributed by atoms with Crippen LogP contribution in [0.2, 0.25) is 0 Å². The zero-order chi connectivity index (χ0) is 35.8. The van der Waals surface area contributed by atoms with E-state index in [0.29, 0.717) is 43.1 Å². The van der Waals surface area contributed by atoms with Crippen LogP contribution in [0.4, 0.5) is 11.4 Å². The second-order valence-corrected chi connectivity index (χ2v) is 12.7. The molecule has 0 bridgehead atoms. The fourth-order valence-electron chi connectivity index (χ4n) is 6.23. The molecule has 2 aliphatic rings. The van der Waals surface area contributed by atoms with Crippen LogP contribution in [-0.2, 0) is 46.3 Å². The Bertz CT molecular complexity index is 1750. The number of carbonyl (C=O) groups excluding carboxylic acids is 2. The number of dihydropyridines is 1. The topological polar surface area (TPSA) is 147 Å². The van der Waals surface area contributed by atoms with E-state index in [-0.39, 0.29) is 35.6 Å². The molecule has 2 aliphatic heterocycles. The molecule has 264 valence electrons. The number of non-ortho nitro benzene ring substituents is 1. The number of anilines is 1. The Morgan fingerprint density at radius 1 is 0.900 bits per heavy atom. The minimum Gasteiger partial charge on any atom is -0.466 e. The molecule has 0 spiro atoms. The Hall–Kier alpha value is -5.04. The van der Waals surface area contributed by atoms with Crippen LogP contribution in [-0.4, -0.2) is 61.7 Å². The standard InChI is InChI=1S/C38H43N3O9/c1-24-33(36(42)46-5)35(28-12-9-13-30(20-28)41(44)45)34(25(2)40-24)37(43)48-19-18-26-14-16-29(17-15-26)39-21-31-32(50-38(3,4)49-31)23-47-22-27-10-7-6-8-11-27/h6-17,20,31-32,35,39-40H,18-19,21-23H2,1-5H3. The van der Waals surface area contributed by atoms with Crippen molar-refractivity contribution < 1.29 is 38.2 Å². The molecule has 5 rings (SSSR count). The van der Waals surface area contributed by atoms with E-state index in [4.69, 9.17) is 23.7 Å². The summed E-state index contributed by atoms with van der Waals surface area (Å²) in [6.07, 6.45) is 0.00434. The summed E-state index contributed by atoms with van der Waals surface area (Å²) in [5, 5.41) is 18.0. The van der Waals surface area contributed by atoms with E-state index in [2.05, 4.69) is 10.6 Å². The summed E-state index contributed by atoms with van der Waals surface area (Å²) in [5.74, 6) is -2.93. The summed E-state index contributed by atoms with van der Waals surface area (Å²) in [6, 6.07) is 23.7. The zero-order valence-electron chi connectivity index (χ0n) is 28.9. The van der Waals surface area contributed by atoms with Gasteiger partial charge in [-0.05, 0) is 56.5 Å². The van der Waals surface area contributed by atoms with Crippen molar-refractivity contribution in [2.45, 2.75) is 64.6 Å². The number of esters is 2. The molecule has 50 heavy (non-hydrogen) atoms. The number of nitro groups is 1. The number of nitrogens with one attached hydrogen (secondary N) is 2. The van der Waals surface area contributed by atoms with Crippen LogP contribution in [0.5, 0.6) is 0 Å². The summed E-state index contributed by atoms with van der Waals surface area (Å²) in [4.78, 5) is 37.5. The first-order valence-electron chi connectivity index (χ1n) is 16.4. The molecule has 12 heteroatoms. The van der Waals surface area contributed by atoms with Gasteiger partial charge in [-0.2, -0.15) is 0 Å². The van der Waals surface area contributed by atoms with Crippen molar-refractivity contribution >= 4 is 23.3 Å². The number of nitrogens with zero attached hydrogens (tertiary/aromatic N) is 1. The monoisotopic (exact) mass is 685 g/mol. The second kappa shape index (κ2) is 16.1. The fraction of sp³-hybridized carbons (Fsp3) is 0.368. The minimum atomic E-state index is -0.920. The minimum absolute atomic E-state index is 0.0767. The van der Waals surface area contributed by atoms with E-state index >= 15 is 0 Å². The van der Waals surface area contributed by atoms with Crippen molar-refractivity contribution in [3.05, 3.63) is 128 Å². The fourth-order valence-corrected chi connectivity index (χ4v) is 6.23. The maximum Gasteiger partial charge on any atom is 0.336 e. The zero-order valence-corrected chi connectivity index (χ0v) is 28.9. The number of allylic oxidation sites excluding steroid dienone is 2. The molecule has 3 unspecified atom stereocenters. The molecule has 0 aliphatic carbocycles. The highest BCUT2D eigenvalue weighted by Gasteiger charge is 2.41. The van der Waals surface area contributed by atoms with Crippen LogP contribution < -0.4 is 10.6 Å². The quantitative estimate of drug-likeness (QED) is 0.118. The number of hydrogen-bond acceptors (Lipinski definition) is 11. The van der Waals surface area contributed by atoms with Crippen LogP contribution >= 0.6 is 0 Å². The van der Waals surface area contributed by atoms with E-state index in [1.54, 1.807) is 19.9 Å². The highest BCUT2D eigenvalue weighted by Crippen LogP contribution is 2.40. The van der Waals surface area contributed by atoms with Crippen molar-refractivity contribution in [2.24, 2.45) is 0 Å². The summed E-state index contributed by atoms with van der Waals surface area (Å²) < 4.78 is 28.9. The lowest BCUT2D eigenvalue weighted by molar-refractivity contribution is -0.384. The van der Waals surface area contributed by atoms with Crippen LogP contribution in [0, 0.1) is 10.1 Å². The Morgan fingerprint density at radius 3 is 2.26 bits per heavy atom. The number of carbonyl (C=O) groups is 2. The van der Waals surface area contributed by atoms with Crippen LogP contribution in [0.3, 0.4) is 0 Å². The third kappa shape index (κ3) is 8.94. The Balaban J connectivity index is 1.17. The van der Waals surface area contributed by atoms with Gasteiger partial charge in [0.25, 0.3) is 5.69 Å². The van der Waals surface area contributed by atoms with Crippen molar-refractivity contribution in [2.75, 3.05) is 32.2 Å². The third-order valence-electron chi connectivity index (χ3n) is 8.56. The number of hydrogen-bond donors (Lipinski definition) is 2. The molecule has 0 amide bonds. The summed E-state index contributed by atoms with van der Waals surface area (Å²) in [6.45, 7) is 8.68. The molecule has 2 heterocycles. The smallest absolute Gasteiger partial charge is 0.336 e. The molecular weight excluding hydrogens is 642 g/mol. The summed E-state index contributed by atoms with van der Waals surface area (Å²) in [5.41, 5.74) is 4.51. The highest BCUT2D eigenvalue weighted by atomic mass is 16.8. The molecule has 1 saturated heterocycles. The van der Waals surface area contributed by atoms with Gasteiger partial charge in [0.2, 0.25) is 0 Å². The van der Waals surface area contributed by atoms with Gasteiger partial charge < -0.3 is 34.3 Å². The predicted molar refractivity (Wildman–Crippen MR) is 186 cm³/mol. The van der Waals surface area contributed by atoms with E-state index in [1.165, 1.54) is 25.3 Å². The van der Waals surface area contributed by atoms with E-state index in [0.717, 1.165) is 16.8 Å². The summed E-state index contributed by atoms with van der Waals surface area (Å²) in [7, 11) is 1.24. The first kappa shape index (κ1) is 36.2. The lowest BCUT2D eigenvalue weighted by Gasteiger charge is -2.30. The molecular formula is C38H43N3O9. The van der Waals surface area contributed by atoms with Gasteiger partial charge in [-0.1, -0.05) is 54.6 Å². The SMILES string of the molecule is COC(=O)C1=C(C)NC(C)=C(C(=O)OCCc2ccc(NCC3OC(C)(C)OC3COCc3ccccc3)cc2)C1c1cccc([N+](=O)[O-])c1. The third-order valence-corrected chi connectivity index (χ3v) is 8.56. The maximum atomic E-state index is 13.6. The van der Waals surface area contributed by atoms with Crippen molar-refractivity contribution in [3.63, 3.8) is 0 Å². The van der Waals surface area contributed by atoms with Crippen LogP contribution in [0.1, 0.15) is 50.3 Å². The molecule has 0 radical (unpaired) electrons. The maximum absolute atomic E-state index is 13.6.